The largest absolute Gasteiger partial charge is 0.507 e. The summed E-state index contributed by atoms with van der Waals surface area (Å²) < 4.78 is 21.3. The second-order valence-corrected chi connectivity index (χ2v) is 10.5. The minimum absolute atomic E-state index is 0.0154. The lowest BCUT2D eigenvalue weighted by Gasteiger charge is -2.21. The minimum Gasteiger partial charge on any atom is -0.507 e. The number of nitro groups is 1. The molecular formula is C34H26FN3O6. The standard InChI is InChI=1S/C34H26FN3O6/c1-19-5-4-6-20(2)31(19)36-18-27-30(26-17-22(35)9-16-28(26)39)29(21-7-10-24(11-8-21)38(42)43)33(40)37(32(27)34(36)41)23-12-14-25(44-3)15-13-23/h4-17,39H,18H2,1-3H3. The fourth-order valence-electron chi connectivity index (χ4n) is 5.87. The van der Waals surface area contributed by atoms with Crippen LogP contribution in [0.5, 0.6) is 11.5 Å². The Morgan fingerprint density at radius 3 is 2.18 bits per heavy atom. The molecule has 1 N–H and O–H groups in total. The fraction of sp³-hybridized carbons (Fsp3) is 0.118. The predicted octanol–water partition coefficient (Wildman–Crippen LogP) is 6.71. The quantitative estimate of drug-likeness (QED) is 0.173. The predicted molar refractivity (Wildman–Crippen MR) is 164 cm³/mol. The Labute approximate surface area is 251 Å². The van der Waals surface area contributed by atoms with Gasteiger partial charge in [-0.05, 0) is 85.1 Å². The van der Waals surface area contributed by atoms with Gasteiger partial charge in [0.15, 0.2) is 0 Å². The molecule has 4 aromatic carbocycles. The van der Waals surface area contributed by atoms with E-state index in [9.17, 15) is 29.2 Å². The number of rotatable bonds is 6. The summed E-state index contributed by atoms with van der Waals surface area (Å²) in [7, 11) is 1.51. The number of aromatic nitrogens is 1. The van der Waals surface area contributed by atoms with Gasteiger partial charge in [-0.15, -0.1) is 0 Å². The van der Waals surface area contributed by atoms with Crippen molar-refractivity contribution < 1.29 is 24.0 Å². The molecule has 1 aliphatic rings. The molecule has 6 rings (SSSR count). The zero-order chi connectivity index (χ0) is 31.3. The number of carbonyl (C=O) groups excluding carboxylic acids is 1. The molecule has 0 unspecified atom stereocenters. The summed E-state index contributed by atoms with van der Waals surface area (Å²) in [6.07, 6.45) is 0. The Kier molecular flexibility index (Phi) is 6.97. The van der Waals surface area contributed by atoms with Crippen LogP contribution in [-0.2, 0) is 6.54 Å². The van der Waals surface area contributed by atoms with Gasteiger partial charge in [-0.1, -0.05) is 18.2 Å². The number of ether oxygens (including phenoxy) is 1. The van der Waals surface area contributed by atoms with Gasteiger partial charge in [-0.2, -0.15) is 0 Å². The summed E-state index contributed by atoms with van der Waals surface area (Å²) in [4.78, 5) is 41.5. The number of phenols is 1. The number of hydrogen-bond acceptors (Lipinski definition) is 6. The van der Waals surface area contributed by atoms with Crippen molar-refractivity contribution in [3.63, 3.8) is 0 Å². The number of anilines is 1. The van der Waals surface area contributed by atoms with E-state index in [2.05, 4.69) is 0 Å². The van der Waals surface area contributed by atoms with E-state index in [0.29, 0.717) is 28.3 Å². The number of fused-ring (bicyclic) bond motifs is 1. The number of non-ortho nitro benzene ring substituents is 1. The van der Waals surface area contributed by atoms with Gasteiger partial charge in [0.1, 0.15) is 23.0 Å². The molecule has 10 heteroatoms. The number of hydrogen-bond donors (Lipinski definition) is 1. The van der Waals surface area contributed by atoms with Crippen LogP contribution in [0.2, 0.25) is 0 Å². The number of nitro benzene ring substituents is 1. The van der Waals surface area contributed by atoms with E-state index < -0.39 is 22.2 Å². The van der Waals surface area contributed by atoms with Crippen LogP contribution in [0.15, 0.2) is 89.7 Å². The van der Waals surface area contributed by atoms with Crippen LogP contribution < -0.4 is 15.2 Å². The number of pyridine rings is 1. The van der Waals surface area contributed by atoms with Crippen LogP contribution >= 0.6 is 0 Å². The van der Waals surface area contributed by atoms with Crippen molar-refractivity contribution in [3.8, 4) is 39.4 Å². The highest BCUT2D eigenvalue weighted by Gasteiger charge is 2.39. The number of aryl methyl sites for hydroxylation is 2. The molecule has 9 nitrogen and oxygen atoms in total. The number of nitrogens with zero attached hydrogens (tertiary/aromatic N) is 3. The van der Waals surface area contributed by atoms with Gasteiger partial charge in [-0.3, -0.25) is 24.3 Å². The van der Waals surface area contributed by atoms with E-state index in [1.807, 2.05) is 32.0 Å². The third kappa shape index (κ3) is 4.57. The molecule has 0 radical (unpaired) electrons. The first-order chi connectivity index (χ1) is 21.1. The SMILES string of the molecule is COc1ccc(-n2c3c(c(-c4cc(F)ccc4O)c(-c4ccc([N+](=O)[O-])cc4)c2=O)CN(c2c(C)cccc2C)C3=O)cc1. The van der Waals surface area contributed by atoms with Crippen LogP contribution in [0.4, 0.5) is 15.8 Å². The molecule has 1 aliphatic heterocycles. The van der Waals surface area contributed by atoms with Gasteiger partial charge in [0, 0.05) is 34.5 Å². The Balaban J connectivity index is 1.75. The first kappa shape index (κ1) is 28.4. The van der Waals surface area contributed by atoms with E-state index >= 15 is 0 Å². The molecule has 2 heterocycles. The molecule has 1 aromatic heterocycles. The maximum absolute atomic E-state index is 14.7. The summed E-state index contributed by atoms with van der Waals surface area (Å²) >= 11 is 0. The maximum atomic E-state index is 14.7. The first-order valence-corrected chi connectivity index (χ1v) is 13.7. The highest BCUT2D eigenvalue weighted by molar-refractivity contribution is 6.12. The summed E-state index contributed by atoms with van der Waals surface area (Å²) in [6, 6.07) is 21.1. The molecule has 0 saturated carbocycles. The monoisotopic (exact) mass is 591 g/mol. The Hall–Kier alpha value is -5.77. The number of phenolic OH excluding ortho intramolecular Hbond substituents is 1. The maximum Gasteiger partial charge on any atom is 0.276 e. The lowest BCUT2D eigenvalue weighted by molar-refractivity contribution is -0.384. The van der Waals surface area contributed by atoms with Gasteiger partial charge < -0.3 is 14.7 Å². The van der Waals surface area contributed by atoms with Gasteiger partial charge >= 0.3 is 0 Å². The highest BCUT2D eigenvalue weighted by atomic mass is 19.1. The van der Waals surface area contributed by atoms with Gasteiger partial charge in [0.05, 0.1) is 29.8 Å². The summed E-state index contributed by atoms with van der Waals surface area (Å²) in [5, 5.41) is 22.4. The smallest absolute Gasteiger partial charge is 0.276 e. The van der Waals surface area contributed by atoms with Crippen molar-refractivity contribution in [2.75, 3.05) is 12.0 Å². The number of methoxy groups -OCH3 is 1. The van der Waals surface area contributed by atoms with E-state index in [1.165, 1.54) is 42.0 Å². The molecule has 0 atom stereocenters. The second kappa shape index (κ2) is 10.8. The Bertz CT molecular complexity index is 2020. The molecule has 0 aliphatic carbocycles. The van der Waals surface area contributed by atoms with Crippen molar-refractivity contribution in [1.82, 2.24) is 4.57 Å². The third-order valence-corrected chi connectivity index (χ3v) is 7.88. The van der Waals surface area contributed by atoms with Crippen LogP contribution in [0.3, 0.4) is 0 Å². The van der Waals surface area contributed by atoms with E-state index in [0.717, 1.165) is 23.3 Å². The molecule has 44 heavy (non-hydrogen) atoms. The zero-order valence-electron chi connectivity index (χ0n) is 24.0. The molecular weight excluding hydrogens is 565 g/mol. The second-order valence-electron chi connectivity index (χ2n) is 10.5. The molecule has 5 aromatic rings. The molecule has 0 bridgehead atoms. The molecule has 1 amide bonds. The minimum atomic E-state index is -0.656. The first-order valence-electron chi connectivity index (χ1n) is 13.7. The van der Waals surface area contributed by atoms with Crippen molar-refractivity contribution in [1.29, 1.82) is 0 Å². The van der Waals surface area contributed by atoms with Crippen LogP contribution in [0.1, 0.15) is 27.2 Å². The lowest BCUT2D eigenvalue weighted by atomic mass is 9.90. The summed E-state index contributed by atoms with van der Waals surface area (Å²) in [5.41, 5.74) is 2.91. The Morgan fingerprint density at radius 1 is 0.909 bits per heavy atom. The number of halogens is 1. The average Bonchev–Trinajstić information content (AvgIpc) is 3.34. The number of carbonyl (C=O) groups is 1. The topological polar surface area (TPSA) is 115 Å². The third-order valence-electron chi connectivity index (χ3n) is 7.88. The summed E-state index contributed by atoms with van der Waals surface area (Å²) in [6.45, 7) is 3.79. The number of benzene rings is 4. The van der Waals surface area contributed by atoms with Crippen molar-refractivity contribution in [2.45, 2.75) is 20.4 Å². The van der Waals surface area contributed by atoms with Crippen molar-refractivity contribution >= 4 is 17.3 Å². The number of para-hydroxylation sites is 1. The molecule has 220 valence electrons. The molecule has 0 fully saturated rings. The highest BCUT2D eigenvalue weighted by Crippen LogP contribution is 2.44. The van der Waals surface area contributed by atoms with E-state index in [4.69, 9.17) is 4.74 Å². The van der Waals surface area contributed by atoms with Crippen LogP contribution in [-0.4, -0.2) is 27.6 Å². The van der Waals surface area contributed by atoms with Crippen molar-refractivity contribution in [2.24, 2.45) is 0 Å². The number of amides is 1. The van der Waals surface area contributed by atoms with Crippen molar-refractivity contribution in [3.05, 3.63) is 134 Å². The Morgan fingerprint density at radius 2 is 1.57 bits per heavy atom. The summed E-state index contributed by atoms with van der Waals surface area (Å²) in [5.74, 6) is -0.857. The zero-order valence-corrected chi connectivity index (χ0v) is 24.0. The fourth-order valence-corrected chi connectivity index (χ4v) is 5.87. The van der Waals surface area contributed by atoms with E-state index in [-0.39, 0.29) is 40.4 Å². The molecule has 0 spiro atoms. The lowest BCUT2D eigenvalue weighted by Crippen LogP contribution is -2.30. The van der Waals surface area contributed by atoms with Gasteiger partial charge in [0.2, 0.25) is 0 Å². The number of aromatic hydroxyl groups is 1. The molecule has 0 saturated heterocycles. The van der Waals surface area contributed by atoms with Gasteiger partial charge in [0.25, 0.3) is 17.2 Å². The average molecular weight is 592 g/mol. The van der Waals surface area contributed by atoms with Crippen LogP contribution in [0, 0.1) is 29.8 Å². The van der Waals surface area contributed by atoms with E-state index in [1.54, 1.807) is 29.2 Å². The normalized spacial score (nSPS) is 12.4. The van der Waals surface area contributed by atoms with Crippen LogP contribution in [0.25, 0.3) is 27.9 Å². The van der Waals surface area contributed by atoms with Gasteiger partial charge in [-0.25, -0.2) is 4.39 Å².